The first-order valence-corrected chi connectivity index (χ1v) is 12.4. The van der Waals surface area contributed by atoms with E-state index in [2.05, 4.69) is 5.32 Å². The number of rotatable bonds is 9. The normalized spacial score (nSPS) is 45.8. The Morgan fingerprint density at radius 1 is 1.03 bits per heavy atom. The number of halogens is 2. The lowest BCUT2D eigenvalue weighted by molar-refractivity contribution is -0.306. The first-order valence-electron chi connectivity index (χ1n) is 12.4. The molecule has 14 N–H and O–H groups in total. The topological polar surface area (TPSA) is 257 Å². The lowest BCUT2D eigenvalue weighted by Gasteiger charge is -2.47. The van der Waals surface area contributed by atoms with Crippen LogP contribution in [0.3, 0.4) is 0 Å². The molecule has 0 bridgehead atoms. The summed E-state index contributed by atoms with van der Waals surface area (Å²) in [7, 11) is 0. The zero-order chi connectivity index (χ0) is 27.4. The third-order valence-electron chi connectivity index (χ3n) is 7.08. The molecule has 2 aliphatic heterocycles. The molecule has 3 aliphatic rings. The highest BCUT2D eigenvalue weighted by molar-refractivity contribution is 5.81. The average molecular weight is 543 g/mol. The fourth-order valence-electron chi connectivity index (χ4n) is 4.77. The third kappa shape index (κ3) is 6.90. The highest BCUT2D eigenvalue weighted by Gasteiger charge is 2.52. The Balaban J connectivity index is 1.82. The van der Waals surface area contributed by atoms with Gasteiger partial charge in [0.05, 0.1) is 24.2 Å². The number of alkyl halides is 2. The van der Waals surface area contributed by atoms with Gasteiger partial charge in [-0.05, 0) is 19.3 Å². The number of nitrogens with one attached hydrogen (secondary N) is 1. The van der Waals surface area contributed by atoms with Gasteiger partial charge in [-0.1, -0.05) is 0 Å². The molecule has 216 valence electrons. The van der Waals surface area contributed by atoms with Gasteiger partial charge in [0.2, 0.25) is 5.91 Å². The molecule has 0 aromatic heterocycles. The second-order valence-electron chi connectivity index (χ2n) is 9.77. The molecule has 16 heteroatoms. The van der Waals surface area contributed by atoms with Crippen LogP contribution in [0, 0.1) is 0 Å². The lowest BCUT2D eigenvalue weighted by atomic mass is 9.84. The summed E-state index contributed by atoms with van der Waals surface area (Å²) in [6, 6.07) is -4.06. The maximum absolute atomic E-state index is 16.1. The molecule has 14 nitrogen and oxygen atoms in total. The molecule has 6 unspecified atom stereocenters. The minimum atomic E-state index is -2.04. The number of nitrogens with two attached hydrogens (primary N) is 5. The predicted octanol–water partition coefficient (Wildman–Crippen LogP) is -4.84. The van der Waals surface area contributed by atoms with E-state index in [1.807, 2.05) is 0 Å². The molecule has 2 saturated heterocycles. The Bertz CT molecular complexity index is 747. The molecule has 1 amide bonds. The smallest absolute Gasteiger partial charge is 0.250 e. The van der Waals surface area contributed by atoms with Crippen molar-refractivity contribution in [1.29, 1.82) is 0 Å². The summed E-state index contributed by atoms with van der Waals surface area (Å²) in [5.74, 6) is -0.901. The SMILES string of the molecule is NCC1CCC(N)[C@@H](OC2C(F)[C@@H](O[C@H]3OC(CF)[C@@H](O)[C@H](N)C3O)[C@H](NC(=O)[C@@H](O)CN)C[C@@H]2N)O1. The van der Waals surface area contributed by atoms with Crippen molar-refractivity contribution in [2.24, 2.45) is 28.7 Å². The fraction of sp³-hybridized carbons (Fsp3) is 0.952. The Hall–Kier alpha value is -1.15. The van der Waals surface area contributed by atoms with E-state index in [1.165, 1.54) is 0 Å². The Kier molecular flexibility index (Phi) is 10.9. The number of aliphatic hydroxyl groups is 3. The molecular weight excluding hydrogens is 502 g/mol. The summed E-state index contributed by atoms with van der Waals surface area (Å²) in [4.78, 5) is 12.3. The summed E-state index contributed by atoms with van der Waals surface area (Å²) in [6.45, 7) is -1.33. The van der Waals surface area contributed by atoms with E-state index in [1.54, 1.807) is 0 Å². The van der Waals surface area contributed by atoms with E-state index in [-0.39, 0.29) is 19.1 Å². The largest absolute Gasteiger partial charge is 0.389 e. The van der Waals surface area contributed by atoms with Crippen molar-refractivity contribution in [3.05, 3.63) is 0 Å². The fourth-order valence-corrected chi connectivity index (χ4v) is 4.77. The zero-order valence-electron chi connectivity index (χ0n) is 20.4. The number of aliphatic hydroxyl groups excluding tert-OH is 3. The van der Waals surface area contributed by atoms with Crippen LogP contribution in [0.15, 0.2) is 0 Å². The number of carbonyl (C=O) groups is 1. The second-order valence-corrected chi connectivity index (χ2v) is 9.77. The number of carbonyl (C=O) groups excluding carboxylic acids is 1. The Labute approximate surface area is 213 Å². The molecule has 2 heterocycles. The third-order valence-corrected chi connectivity index (χ3v) is 7.08. The van der Waals surface area contributed by atoms with Crippen molar-refractivity contribution in [3.63, 3.8) is 0 Å². The van der Waals surface area contributed by atoms with Crippen LogP contribution in [0.2, 0.25) is 0 Å². The van der Waals surface area contributed by atoms with Crippen LogP contribution >= 0.6 is 0 Å². The van der Waals surface area contributed by atoms with Crippen LogP contribution in [-0.2, 0) is 23.7 Å². The van der Waals surface area contributed by atoms with Gasteiger partial charge in [-0.2, -0.15) is 0 Å². The van der Waals surface area contributed by atoms with Gasteiger partial charge in [-0.15, -0.1) is 0 Å². The predicted molar refractivity (Wildman–Crippen MR) is 124 cm³/mol. The molecule has 1 aliphatic carbocycles. The van der Waals surface area contributed by atoms with E-state index in [9.17, 15) is 24.5 Å². The van der Waals surface area contributed by atoms with Gasteiger partial charge in [-0.3, -0.25) is 4.79 Å². The lowest BCUT2D eigenvalue weighted by Crippen LogP contribution is -2.68. The average Bonchev–Trinajstić information content (AvgIpc) is 2.88. The first kappa shape index (κ1) is 30.4. The van der Waals surface area contributed by atoms with Crippen LogP contribution in [0.5, 0.6) is 0 Å². The van der Waals surface area contributed by atoms with Crippen molar-refractivity contribution >= 4 is 5.91 Å². The van der Waals surface area contributed by atoms with Crippen LogP contribution < -0.4 is 34.0 Å². The standard InChI is InChI=1S/C21H40F2N6O8/c22-4-12-15(31)14(28)16(32)21(35-12)37-18-10(29-19(33)11(30)6-25)3-9(27)17(13(18)23)36-20-8(26)2-1-7(5-24)34-20/h7-18,20-21,30-32H,1-6,24-28H2,(H,29,33)/t7?,8?,9-,10+,11-,12?,13?,14-,15+,16?,17?,18-,20+,21+/m0/s1. The highest BCUT2D eigenvalue weighted by Crippen LogP contribution is 2.33. The molecule has 1 saturated carbocycles. The summed E-state index contributed by atoms with van der Waals surface area (Å²) < 4.78 is 52.1. The van der Waals surface area contributed by atoms with E-state index in [4.69, 9.17) is 47.6 Å². The summed E-state index contributed by atoms with van der Waals surface area (Å²) in [6.07, 6.45) is -13.1. The molecule has 3 fully saturated rings. The second kappa shape index (κ2) is 13.3. The molecule has 0 radical (unpaired) electrons. The van der Waals surface area contributed by atoms with Gasteiger partial charge >= 0.3 is 0 Å². The van der Waals surface area contributed by atoms with Gasteiger partial charge in [0.15, 0.2) is 18.8 Å². The quantitative estimate of drug-likeness (QED) is 0.133. The van der Waals surface area contributed by atoms with Gasteiger partial charge in [0.25, 0.3) is 0 Å². The van der Waals surface area contributed by atoms with E-state index < -0.39 is 98.7 Å². The molecule has 0 aromatic carbocycles. The summed E-state index contributed by atoms with van der Waals surface area (Å²) >= 11 is 0. The van der Waals surface area contributed by atoms with E-state index >= 15 is 4.39 Å². The summed E-state index contributed by atoms with van der Waals surface area (Å²) in [5.41, 5.74) is 29.1. The number of hydrogen-bond donors (Lipinski definition) is 9. The van der Waals surface area contributed by atoms with Gasteiger partial charge in [0.1, 0.15) is 43.3 Å². The van der Waals surface area contributed by atoms with E-state index in [0.29, 0.717) is 12.8 Å². The molecule has 37 heavy (non-hydrogen) atoms. The molecule has 0 spiro atoms. The highest BCUT2D eigenvalue weighted by atomic mass is 19.1. The maximum Gasteiger partial charge on any atom is 0.250 e. The van der Waals surface area contributed by atoms with Crippen LogP contribution in [0.4, 0.5) is 8.78 Å². The van der Waals surface area contributed by atoms with Gasteiger partial charge in [-0.25, -0.2) is 8.78 Å². The van der Waals surface area contributed by atoms with Crippen LogP contribution in [0.1, 0.15) is 19.3 Å². The van der Waals surface area contributed by atoms with Crippen molar-refractivity contribution in [1.82, 2.24) is 5.32 Å². The molecule has 3 rings (SSSR count). The number of amides is 1. The minimum Gasteiger partial charge on any atom is -0.389 e. The van der Waals surface area contributed by atoms with Crippen LogP contribution in [-0.4, -0.2) is 127 Å². The maximum atomic E-state index is 16.1. The van der Waals surface area contributed by atoms with Crippen molar-refractivity contribution in [2.75, 3.05) is 19.8 Å². The van der Waals surface area contributed by atoms with Crippen LogP contribution in [0.25, 0.3) is 0 Å². The minimum absolute atomic E-state index is 0.0922. The number of ether oxygens (including phenoxy) is 4. The zero-order valence-corrected chi connectivity index (χ0v) is 20.4. The molecule has 0 aromatic rings. The molecular formula is C21H40F2N6O8. The Morgan fingerprint density at radius 3 is 2.32 bits per heavy atom. The molecule has 14 atom stereocenters. The summed E-state index contributed by atoms with van der Waals surface area (Å²) in [5, 5.41) is 32.7. The Morgan fingerprint density at radius 2 is 1.70 bits per heavy atom. The monoisotopic (exact) mass is 542 g/mol. The van der Waals surface area contributed by atoms with Crippen molar-refractivity contribution < 1.29 is 47.8 Å². The van der Waals surface area contributed by atoms with E-state index in [0.717, 1.165) is 0 Å². The van der Waals surface area contributed by atoms with Gasteiger partial charge < -0.3 is 68.3 Å². The van der Waals surface area contributed by atoms with Crippen molar-refractivity contribution in [2.45, 2.75) is 105 Å². The first-order chi connectivity index (χ1) is 17.5. The van der Waals surface area contributed by atoms with Crippen molar-refractivity contribution in [3.8, 4) is 0 Å². The van der Waals surface area contributed by atoms with Gasteiger partial charge in [0, 0.05) is 19.1 Å². The number of hydrogen-bond acceptors (Lipinski definition) is 13.